The highest BCUT2D eigenvalue weighted by molar-refractivity contribution is 6.00. The average Bonchev–Trinajstić information content (AvgIpc) is 2.77. The molecule has 162 valence electrons. The number of carbonyl (C=O) groups excluding carboxylic acids is 1. The maximum absolute atomic E-state index is 12.5. The number of nitrogens with zero attached hydrogens (tertiary/aromatic N) is 2. The molecular formula is C25H30N4O2. The summed E-state index contributed by atoms with van der Waals surface area (Å²) in [5.41, 5.74) is 3.23. The number of hydrogen-bond acceptors (Lipinski definition) is 3. The van der Waals surface area contributed by atoms with E-state index in [4.69, 9.17) is 0 Å². The summed E-state index contributed by atoms with van der Waals surface area (Å²) < 4.78 is 1.50. The van der Waals surface area contributed by atoms with E-state index in [-0.39, 0.29) is 11.6 Å². The van der Waals surface area contributed by atoms with Crippen LogP contribution in [0.1, 0.15) is 24.0 Å². The Morgan fingerprint density at radius 3 is 2.55 bits per heavy atom. The van der Waals surface area contributed by atoms with Crippen molar-refractivity contribution in [2.75, 3.05) is 25.0 Å². The van der Waals surface area contributed by atoms with E-state index in [1.54, 1.807) is 19.3 Å². The standard InChI is InChI=1S/C25H30N4O2/c1-18-6-5-7-20(14-18)16-29-12-10-19(11-13-29)15-26-25(31)27-23-17-28(2)24(30)22-9-4-3-8-21(22)23/h3-9,14,17,19H,10-13,15-16H2,1-2H3,(H2,26,27,31). The van der Waals surface area contributed by atoms with Crippen molar-refractivity contribution in [3.05, 3.63) is 76.2 Å². The molecule has 1 aliphatic rings. The van der Waals surface area contributed by atoms with Gasteiger partial charge >= 0.3 is 6.03 Å². The first kappa shape index (κ1) is 21.1. The highest BCUT2D eigenvalue weighted by Crippen LogP contribution is 2.21. The van der Waals surface area contributed by atoms with Crippen LogP contribution in [-0.2, 0) is 13.6 Å². The van der Waals surface area contributed by atoms with Crippen LogP contribution in [0.25, 0.3) is 10.8 Å². The number of rotatable bonds is 5. The van der Waals surface area contributed by atoms with E-state index in [9.17, 15) is 9.59 Å². The first-order chi connectivity index (χ1) is 15.0. The third kappa shape index (κ3) is 5.14. The fraction of sp³-hybridized carbons (Fsp3) is 0.360. The maximum atomic E-state index is 12.5. The molecule has 6 nitrogen and oxygen atoms in total. The minimum absolute atomic E-state index is 0.0704. The fourth-order valence-electron chi connectivity index (χ4n) is 4.34. The Labute approximate surface area is 182 Å². The molecule has 2 amide bonds. The first-order valence-corrected chi connectivity index (χ1v) is 10.9. The molecule has 0 aliphatic carbocycles. The molecule has 2 N–H and O–H groups in total. The number of carbonyl (C=O) groups is 1. The highest BCUT2D eigenvalue weighted by Gasteiger charge is 2.20. The quantitative estimate of drug-likeness (QED) is 0.661. The number of piperidine rings is 1. The van der Waals surface area contributed by atoms with Gasteiger partial charge in [0.05, 0.1) is 5.69 Å². The molecular weight excluding hydrogens is 388 g/mol. The molecule has 1 aromatic heterocycles. The molecule has 0 spiro atoms. The van der Waals surface area contributed by atoms with Gasteiger partial charge in [-0.05, 0) is 50.4 Å². The molecule has 31 heavy (non-hydrogen) atoms. The molecule has 1 fully saturated rings. The van der Waals surface area contributed by atoms with Crippen molar-refractivity contribution in [2.45, 2.75) is 26.3 Å². The van der Waals surface area contributed by atoms with E-state index in [0.29, 0.717) is 23.5 Å². The van der Waals surface area contributed by atoms with Gasteiger partial charge in [-0.1, -0.05) is 48.0 Å². The van der Waals surface area contributed by atoms with Gasteiger partial charge in [-0.2, -0.15) is 0 Å². The summed E-state index contributed by atoms with van der Waals surface area (Å²) in [5, 5.41) is 7.29. The second kappa shape index (κ2) is 9.35. The minimum atomic E-state index is -0.231. The number of likely N-dealkylation sites (tertiary alicyclic amines) is 1. The Morgan fingerprint density at radius 1 is 1.06 bits per heavy atom. The van der Waals surface area contributed by atoms with Crippen LogP contribution in [0.2, 0.25) is 0 Å². The summed E-state index contributed by atoms with van der Waals surface area (Å²) in [6.45, 7) is 5.88. The molecule has 0 bridgehead atoms. The minimum Gasteiger partial charge on any atom is -0.338 e. The van der Waals surface area contributed by atoms with E-state index in [1.165, 1.54) is 15.7 Å². The lowest BCUT2D eigenvalue weighted by molar-refractivity contribution is 0.175. The molecule has 2 aromatic carbocycles. The normalized spacial score (nSPS) is 15.2. The molecule has 0 unspecified atom stereocenters. The van der Waals surface area contributed by atoms with Crippen LogP contribution < -0.4 is 16.2 Å². The van der Waals surface area contributed by atoms with E-state index >= 15 is 0 Å². The Morgan fingerprint density at radius 2 is 1.81 bits per heavy atom. The number of aromatic nitrogens is 1. The van der Waals surface area contributed by atoms with E-state index in [2.05, 4.69) is 46.7 Å². The van der Waals surface area contributed by atoms with Crippen molar-refractivity contribution in [3.63, 3.8) is 0 Å². The Balaban J connectivity index is 1.28. The lowest BCUT2D eigenvalue weighted by Gasteiger charge is -2.32. The number of anilines is 1. The van der Waals surface area contributed by atoms with Crippen LogP contribution in [0, 0.1) is 12.8 Å². The van der Waals surface area contributed by atoms with Gasteiger partial charge in [0.2, 0.25) is 0 Å². The van der Waals surface area contributed by atoms with E-state index in [1.807, 2.05) is 18.2 Å². The van der Waals surface area contributed by atoms with E-state index < -0.39 is 0 Å². The van der Waals surface area contributed by atoms with Crippen LogP contribution in [-0.4, -0.2) is 35.1 Å². The van der Waals surface area contributed by atoms with Crippen molar-refractivity contribution in [2.24, 2.45) is 13.0 Å². The number of pyridine rings is 1. The van der Waals surface area contributed by atoms with Gasteiger partial charge in [-0.3, -0.25) is 9.69 Å². The lowest BCUT2D eigenvalue weighted by Crippen LogP contribution is -2.39. The van der Waals surface area contributed by atoms with Crippen molar-refractivity contribution in [1.29, 1.82) is 0 Å². The summed E-state index contributed by atoms with van der Waals surface area (Å²) >= 11 is 0. The number of amides is 2. The van der Waals surface area contributed by atoms with E-state index in [0.717, 1.165) is 37.9 Å². The predicted octanol–water partition coefficient (Wildman–Crippen LogP) is 3.88. The zero-order chi connectivity index (χ0) is 21.8. The fourth-order valence-corrected chi connectivity index (χ4v) is 4.34. The molecule has 0 saturated carbocycles. The molecule has 0 atom stereocenters. The van der Waals surface area contributed by atoms with Crippen LogP contribution in [0.3, 0.4) is 0 Å². The Bertz CT molecular complexity index is 1130. The number of nitrogens with one attached hydrogen (secondary N) is 2. The average molecular weight is 419 g/mol. The van der Waals surface area contributed by atoms with Gasteiger partial charge < -0.3 is 15.2 Å². The summed E-state index contributed by atoms with van der Waals surface area (Å²) in [6, 6.07) is 15.8. The number of benzene rings is 2. The lowest BCUT2D eigenvalue weighted by atomic mass is 9.96. The second-order valence-corrected chi connectivity index (χ2v) is 8.55. The van der Waals surface area contributed by atoms with Crippen LogP contribution in [0.5, 0.6) is 0 Å². The smallest absolute Gasteiger partial charge is 0.319 e. The number of hydrogen-bond donors (Lipinski definition) is 2. The molecule has 1 aliphatic heterocycles. The SMILES string of the molecule is Cc1cccc(CN2CCC(CNC(=O)Nc3cn(C)c(=O)c4ccccc34)CC2)c1. The number of aryl methyl sites for hydroxylation is 2. The van der Waals surface area contributed by atoms with Gasteiger partial charge in [0.15, 0.2) is 0 Å². The van der Waals surface area contributed by atoms with Crippen molar-refractivity contribution < 1.29 is 4.79 Å². The predicted molar refractivity (Wildman–Crippen MR) is 125 cm³/mol. The van der Waals surface area contributed by atoms with Crippen molar-refractivity contribution in [3.8, 4) is 0 Å². The van der Waals surface area contributed by atoms with Gasteiger partial charge in [0.1, 0.15) is 0 Å². The Hall–Kier alpha value is -3.12. The topological polar surface area (TPSA) is 66.4 Å². The molecule has 3 aromatic rings. The number of urea groups is 1. The molecule has 4 rings (SSSR count). The van der Waals surface area contributed by atoms with Gasteiger partial charge in [-0.25, -0.2) is 4.79 Å². The summed E-state index contributed by atoms with van der Waals surface area (Å²) in [6.07, 6.45) is 3.83. The van der Waals surface area contributed by atoms with Crippen molar-refractivity contribution in [1.82, 2.24) is 14.8 Å². The Kier molecular flexibility index (Phi) is 6.37. The first-order valence-electron chi connectivity index (χ1n) is 10.9. The highest BCUT2D eigenvalue weighted by atomic mass is 16.2. The summed E-state index contributed by atoms with van der Waals surface area (Å²) in [7, 11) is 1.70. The van der Waals surface area contributed by atoms with Gasteiger partial charge in [0.25, 0.3) is 5.56 Å². The molecule has 6 heteroatoms. The largest absolute Gasteiger partial charge is 0.338 e. The van der Waals surface area contributed by atoms with Gasteiger partial charge in [-0.15, -0.1) is 0 Å². The van der Waals surface area contributed by atoms with Crippen LogP contribution in [0.15, 0.2) is 59.5 Å². The zero-order valence-corrected chi connectivity index (χ0v) is 18.2. The monoisotopic (exact) mass is 418 g/mol. The molecule has 2 heterocycles. The third-order valence-corrected chi connectivity index (χ3v) is 6.09. The molecule has 0 radical (unpaired) electrons. The van der Waals surface area contributed by atoms with Crippen LogP contribution in [0.4, 0.5) is 10.5 Å². The summed E-state index contributed by atoms with van der Waals surface area (Å²) in [5.74, 6) is 0.483. The zero-order valence-electron chi connectivity index (χ0n) is 18.2. The van der Waals surface area contributed by atoms with Gasteiger partial charge in [0, 0.05) is 37.1 Å². The third-order valence-electron chi connectivity index (χ3n) is 6.09. The summed E-state index contributed by atoms with van der Waals surface area (Å²) in [4.78, 5) is 27.3. The van der Waals surface area contributed by atoms with Crippen LogP contribution >= 0.6 is 0 Å². The number of fused-ring (bicyclic) bond motifs is 1. The second-order valence-electron chi connectivity index (χ2n) is 8.55. The molecule has 1 saturated heterocycles. The maximum Gasteiger partial charge on any atom is 0.319 e. The van der Waals surface area contributed by atoms with Crippen molar-refractivity contribution >= 4 is 22.5 Å².